The van der Waals surface area contributed by atoms with E-state index in [2.05, 4.69) is 143 Å². The van der Waals surface area contributed by atoms with Crippen molar-refractivity contribution in [2.24, 2.45) is 0 Å². The lowest BCUT2D eigenvalue weighted by molar-refractivity contribution is 0.667. The molecule has 7 aromatic carbocycles. The van der Waals surface area contributed by atoms with E-state index < -0.39 is 0 Å². The molecule has 0 aliphatic heterocycles. The van der Waals surface area contributed by atoms with Gasteiger partial charge in [0.25, 0.3) is 0 Å². The Morgan fingerprint density at radius 2 is 1.08 bits per heavy atom. The van der Waals surface area contributed by atoms with Crippen LogP contribution in [0.5, 0.6) is 0 Å². The van der Waals surface area contributed by atoms with Crippen LogP contribution >= 0.6 is 0 Å². The number of para-hydroxylation sites is 4. The molecule has 0 atom stereocenters. The van der Waals surface area contributed by atoms with Gasteiger partial charge in [0.15, 0.2) is 11.4 Å². The minimum absolute atomic E-state index is 0.655. The van der Waals surface area contributed by atoms with E-state index in [0.29, 0.717) is 11.4 Å². The summed E-state index contributed by atoms with van der Waals surface area (Å²) in [6.45, 7) is 0. The Hall–Kier alpha value is -6.98. The maximum Gasteiger partial charge on any atom is 0.180 e. The van der Waals surface area contributed by atoms with Gasteiger partial charge < -0.3 is 13.6 Å². The van der Waals surface area contributed by atoms with Crippen LogP contribution in [0.25, 0.3) is 99.7 Å². The van der Waals surface area contributed by atoms with Crippen LogP contribution in [-0.2, 0) is 0 Å². The lowest BCUT2D eigenvalue weighted by Crippen LogP contribution is -1.97. The zero-order valence-corrected chi connectivity index (χ0v) is 27.4. The summed E-state index contributed by atoms with van der Waals surface area (Å²) < 4.78 is 11.2. The Bertz CT molecular complexity index is 3130. The molecule has 0 saturated carbocycles. The first kappa shape index (κ1) is 27.9. The number of rotatable bonds is 4. The molecule has 11 aromatic rings. The summed E-state index contributed by atoms with van der Waals surface area (Å²) in [5, 5.41) is 5.89. The van der Waals surface area contributed by atoms with E-state index in [9.17, 15) is 0 Å². The molecule has 0 radical (unpaired) electrons. The molecule has 0 aliphatic carbocycles. The van der Waals surface area contributed by atoms with Crippen LogP contribution < -0.4 is 0 Å². The fraction of sp³-hybridized carbons (Fsp3) is 0. The first-order valence-electron chi connectivity index (χ1n) is 17.2. The maximum atomic E-state index is 6.38. The summed E-state index contributed by atoms with van der Waals surface area (Å²) in [6.07, 6.45) is 0. The zero-order chi connectivity index (χ0) is 33.5. The molecule has 0 bridgehead atoms. The Labute approximate surface area is 292 Å². The highest BCUT2D eigenvalue weighted by Gasteiger charge is 2.22. The van der Waals surface area contributed by atoms with Crippen LogP contribution in [0.15, 0.2) is 174 Å². The number of aromatic nitrogens is 4. The molecule has 0 saturated heterocycles. The van der Waals surface area contributed by atoms with Gasteiger partial charge in [0.1, 0.15) is 16.8 Å². The van der Waals surface area contributed by atoms with Crippen molar-refractivity contribution in [1.29, 1.82) is 0 Å². The summed E-state index contributed by atoms with van der Waals surface area (Å²) in [5.74, 6) is 0.655. The van der Waals surface area contributed by atoms with Crippen molar-refractivity contribution in [2.45, 2.75) is 0 Å². The molecule has 0 aliphatic rings. The van der Waals surface area contributed by atoms with Crippen molar-refractivity contribution in [3.8, 4) is 34.0 Å². The molecule has 0 N–H and O–H groups in total. The molecule has 0 spiro atoms. The second kappa shape index (κ2) is 10.8. The van der Waals surface area contributed by atoms with Gasteiger partial charge in [-0.2, -0.15) is 0 Å². The standard InChI is InChI=1S/C46H28N4O/c1-3-14-29(15-4-1)42-45-43(36-22-9-12-25-40(36)51-45)48-46(47-42)30-16-13-19-32(28-30)49-38-24-11-8-21-35(38)41-39(49)27-26-34-33-20-7-10-23-37(33)50(44(34)41)31-17-5-2-6-18-31/h1-28H. The molecule has 238 valence electrons. The number of hydrogen-bond acceptors (Lipinski definition) is 3. The molecule has 4 heterocycles. The molecule has 4 aromatic heterocycles. The number of hydrogen-bond donors (Lipinski definition) is 0. The van der Waals surface area contributed by atoms with Gasteiger partial charge in [-0.1, -0.05) is 115 Å². The number of benzene rings is 7. The molecular weight excluding hydrogens is 625 g/mol. The highest BCUT2D eigenvalue weighted by molar-refractivity contribution is 6.26. The molecular formula is C46H28N4O. The highest BCUT2D eigenvalue weighted by Crippen LogP contribution is 2.42. The second-order valence-electron chi connectivity index (χ2n) is 13.0. The Morgan fingerprint density at radius 1 is 0.431 bits per heavy atom. The van der Waals surface area contributed by atoms with E-state index in [1.54, 1.807) is 0 Å². The van der Waals surface area contributed by atoms with Gasteiger partial charge in [-0.25, -0.2) is 9.97 Å². The van der Waals surface area contributed by atoms with E-state index in [4.69, 9.17) is 14.4 Å². The summed E-state index contributed by atoms with van der Waals surface area (Å²) in [5.41, 5.74) is 11.9. The predicted molar refractivity (Wildman–Crippen MR) is 209 cm³/mol. The number of furan rings is 1. The van der Waals surface area contributed by atoms with Crippen LogP contribution in [-0.4, -0.2) is 19.1 Å². The Kier molecular flexibility index (Phi) is 5.89. The van der Waals surface area contributed by atoms with Gasteiger partial charge >= 0.3 is 0 Å². The summed E-state index contributed by atoms with van der Waals surface area (Å²) >= 11 is 0. The first-order valence-corrected chi connectivity index (χ1v) is 17.2. The predicted octanol–water partition coefficient (Wildman–Crippen LogP) is 11.9. The van der Waals surface area contributed by atoms with E-state index in [0.717, 1.165) is 55.7 Å². The van der Waals surface area contributed by atoms with Gasteiger partial charge in [-0.15, -0.1) is 0 Å². The molecule has 5 heteroatoms. The molecule has 51 heavy (non-hydrogen) atoms. The van der Waals surface area contributed by atoms with Gasteiger partial charge in [-0.05, 0) is 54.6 Å². The third-order valence-corrected chi connectivity index (χ3v) is 10.1. The molecule has 5 nitrogen and oxygen atoms in total. The third-order valence-electron chi connectivity index (χ3n) is 10.1. The van der Waals surface area contributed by atoms with Crippen molar-refractivity contribution < 1.29 is 4.42 Å². The minimum Gasteiger partial charge on any atom is -0.452 e. The number of fused-ring (bicyclic) bond motifs is 10. The third kappa shape index (κ3) is 4.09. The molecule has 11 rings (SSSR count). The van der Waals surface area contributed by atoms with Crippen LogP contribution in [0.3, 0.4) is 0 Å². The number of nitrogens with zero attached hydrogens (tertiary/aromatic N) is 4. The van der Waals surface area contributed by atoms with Crippen LogP contribution in [0.4, 0.5) is 0 Å². The van der Waals surface area contributed by atoms with Gasteiger partial charge in [0.2, 0.25) is 0 Å². The fourth-order valence-corrected chi connectivity index (χ4v) is 7.93. The lowest BCUT2D eigenvalue weighted by atomic mass is 10.1. The first-order chi connectivity index (χ1) is 25.3. The van der Waals surface area contributed by atoms with Gasteiger partial charge in [-0.3, -0.25) is 0 Å². The SMILES string of the molecule is c1ccc(-c2nc(-c3cccc(-n4c5ccccc5c5c4ccc4c6ccccc6n(-c6ccccc6)c45)c3)nc3c2oc2ccccc23)cc1. The lowest BCUT2D eigenvalue weighted by Gasteiger charge is -2.11. The average Bonchev–Trinajstić information content (AvgIpc) is 3.86. The van der Waals surface area contributed by atoms with Crippen molar-refractivity contribution >= 4 is 65.7 Å². The van der Waals surface area contributed by atoms with Crippen molar-refractivity contribution in [2.75, 3.05) is 0 Å². The summed E-state index contributed by atoms with van der Waals surface area (Å²) in [7, 11) is 0. The normalized spacial score (nSPS) is 11.9. The maximum absolute atomic E-state index is 6.38. The largest absolute Gasteiger partial charge is 0.452 e. The smallest absolute Gasteiger partial charge is 0.180 e. The Balaban J connectivity index is 1.19. The minimum atomic E-state index is 0.655. The quantitative estimate of drug-likeness (QED) is 0.190. The summed E-state index contributed by atoms with van der Waals surface area (Å²) in [4.78, 5) is 10.3. The Morgan fingerprint density at radius 3 is 1.90 bits per heavy atom. The van der Waals surface area contributed by atoms with E-state index >= 15 is 0 Å². The van der Waals surface area contributed by atoms with E-state index in [1.807, 2.05) is 36.4 Å². The van der Waals surface area contributed by atoms with Crippen molar-refractivity contribution in [3.63, 3.8) is 0 Å². The highest BCUT2D eigenvalue weighted by atomic mass is 16.3. The molecule has 0 fully saturated rings. The fourth-order valence-electron chi connectivity index (χ4n) is 7.93. The van der Waals surface area contributed by atoms with E-state index in [-0.39, 0.29) is 0 Å². The van der Waals surface area contributed by atoms with Gasteiger partial charge in [0, 0.05) is 49.4 Å². The second-order valence-corrected chi connectivity index (χ2v) is 13.0. The van der Waals surface area contributed by atoms with Gasteiger partial charge in [0.05, 0.1) is 22.1 Å². The topological polar surface area (TPSA) is 48.8 Å². The average molecular weight is 653 g/mol. The van der Waals surface area contributed by atoms with Crippen molar-refractivity contribution in [3.05, 3.63) is 170 Å². The van der Waals surface area contributed by atoms with Crippen LogP contribution in [0.2, 0.25) is 0 Å². The van der Waals surface area contributed by atoms with Crippen LogP contribution in [0, 0.1) is 0 Å². The summed E-state index contributed by atoms with van der Waals surface area (Å²) in [6, 6.07) is 59.6. The van der Waals surface area contributed by atoms with Crippen LogP contribution in [0.1, 0.15) is 0 Å². The molecule has 0 amide bonds. The zero-order valence-electron chi connectivity index (χ0n) is 27.4. The van der Waals surface area contributed by atoms with Crippen molar-refractivity contribution in [1.82, 2.24) is 19.1 Å². The van der Waals surface area contributed by atoms with E-state index in [1.165, 1.54) is 32.6 Å². The monoisotopic (exact) mass is 652 g/mol. The molecule has 0 unspecified atom stereocenters.